The van der Waals surface area contributed by atoms with E-state index in [9.17, 15) is 4.79 Å². The molecule has 2 aromatic rings. The van der Waals surface area contributed by atoms with Crippen LogP contribution in [0.5, 0.6) is 0 Å². The second-order valence-corrected chi connectivity index (χ2v) is 9.72. The number of hydrogen-bond donors (Lipinski definition) is 0. The summed E-state index contributed by atoms with van der Waals surface area (Å²) in [5.41, 5.74) is 2.86. The van der Waals surface area contributed by atoms with Crippen molar-refractivity contribution in [3.8, 4) is 0 Å². The van der Waals surface area contributed by atoms with Crippen molar-refractivity contribution in [2.24, 2.45) is 22.7 Å². The number of nitrogens with zero attached hydrogens (tertiary/aromatic N) is 2. The van der Waals surface area contributed by atoms with Crippen LogP contribution in [0.15, 0.2) is 53.5 Å². The van der Waals surface area contributed by atoms with Gasteiger partial charge in [0.15, 0.2) is 0 Å². The normalized spacial score (nSPS) is 21.5. The number of halogens is 1. The van der Waals surface area contributed by atoms with Crippen LogP contribution < -0.4 is 4.90 Å². The number of rotatable bonds is 6. The number of anilines is 1. The maximum atomic E-state index is 13.3. The molecule has 0 aliphatic heterocycles. The van der Waals surface area contributed by atoms with Crippen molar-refractivity contribution >= 4 is 29.1 Å². The van der Waals surface area contributed by atoms with Gasteiger partial charge in [-0.2, -0.15) is 0 Å². The van der Waals surface area contributed by atoms with Gasteiger partial charge in [-0.1, -0.05) is 69.1 Å². The monoisotopic (exact) mass is 454 g/mol. The first kappa shape index (κ1) is 24.3. The molecular formula is C27H35ClN2O2. The first-order chi connectivity index (χ1) is 15.3. The third-order valence-electron chi connectivity index (χ3n) is 6.49. The summed E-state index contributed by atoms with van der Waals surface area (Å²) in [6, 6.07) is 15.6. The predicted octanol–water partition coefficient (Wildman–Crippen LogP) is 6.54. The number of benzene rings is 2. The molecule has 1 aliphatic rings. The number of esters is 1. The summed E-state index contributed by atoms with van der Waals surface area (Å²) in [4.78, 5) is 19.7. The van der Waals surface area contributed by atoms with Crippen LogP contribution in [0.4, 0.5) is 5.69 Å². The Kier molecular flexibility index (Phi) is 8.36. The zero-order valence-electron chi connectivity index (χ0n) is 19.8. The van der Waals surface area contributed by atoms with Gasteiger partial charge in [-0.25, -0.2) is 0 Å². The third-order valence-corrected chi connectivity index (χ3v) is 6.72. The second-order valence-electron chi connectivity index (χ2n) is 9.28. The Balaban J connectivity index is 1.89. The molecule has 2 aromatic carbocycles. The average molecular weight is 455 g/mol. The van der Waals surface area contributed by atoms with Gasteiger partial charge in [-0.3, -0.25) is 9.79 Å². The minimum atomic E-state index is -0.221. The summed E-state index contributed by atoms with van der Waals surface area (Å²) in [5.74, 6) is 1.95. The number of aryl methyl sites for hydroxylation is 1. The minimum Gasteiger partial charge on any atom is -0.461 e. The first-order valence-electron chi connectivity index (χ1n) is 11.6. The molecule has 32 heavy (non-hydrogen) atoms. The summed E-state index contributed by atoms with van der Waals surface area (Å²) in [6.45, 7) is 8.83. The number of para-hydroxylation sites is 1. The molecule has 1 fully saturated rings. The number of carbonyl (C=O) groups is 1. The summed E-state index contributed by atoms with van der Waals surface area (Å²) in [5, 5.41) is 0.631. The van der Waals surface area contributed by atoms with E-state index in [1.807, 2.05) is 60.4 Å². The predicted molar refractivity (Wildman–Crippen MR) is 134 cm³/mol. The summed E-state index contributed by atoms with van der Waals surface area (Å²) < 4.78 is 6.12. The van der Waals surface area contributed by atoms with Crippen molar-refractivity contribution in [3.63, 3.8) is 0 Å². The molecule has 0 radical (unpaired) electrons. The number of carbonyl (C=O) groups excluding carboxylic acids is 1. The van der Waals surface area contributed by atoms with E-state index in [0.29, 0.717) is 28.6 Å². The third kappa shape index (κ3) is 5.92. The summed E-state index contributed by atoms with van der Waals surface area (Å²) in [7, 11) is 1.74. The Bertz CT molecular complexity index is 956. The lowest BCUT2D eigenvalue weighted by molar-refractivity contribution is -0.154. The van der Waals surface area contributed by atoms with E-state index in [4.69, 9.17) is 16.3 Å². The number of aliphatic imine (C=N–C) groups is 1. The maximum Gasteiger partial charge on any atom is 0.326 e. The maximum absolute atomic E-state index is 13.3. The Morgan fingerprint density at radius 3 is 2.59 bits per heavy atom. The standard InChI is InChI=1S/C27H35ClN2O2/c1-18(2)23-14-13-19(3)15-25(23)32-26(31)17-30(24-12-7-6-9-20(24)4)27(29-5)21-10-8-11-22(28)16-21/h6-12,16,18-19,23,25H,13-15,17H2,1-5H3/b29-27+/t19-,23+,25-/m1/s1. The fraction of sp³-hybridized carbons (Fsp3) is 0.481. The van der Waals surface area contributed by atoms with Gasteiger partial charge in [0.25, 0.3) is 0 Å². The topological polar surface area (TPSA) is 41.9 Å². The van der Waals surface area contributed by atoms with Gasteiger partial charge in [0.05, 0.1) is 0 Å². The fourth-order valence-electron chi connectivity index (χ4n) is 4.76. The molecule has 0 saturated heterocycles. The molecule has 5 heteroatoms. The van der Waals surface area contributed by atoms with E-state index in [0.717, 1.165) is 29.7 Å². The molecule has 3 rings (SSSR count). The van der Waals surface area contributed by atoms with Crippen LogP contribution in [0.25, 0.3) is 0 Å². The molecule has 1 saturated carbocycles. The second kappa shape index (κ2) is 11.0. The molecular weight excluding hydrogens is 420 g/mol. The highest BCUT2D eigenvalue weighted by atomic mass is 35.5. The van der Waals surface area contributed by atoms with E-state index in [1.165, 1.54) is 6.42 Å². The zero-order valence-corrected chi connectivity index (χ0v) is 20.6. The van der Waals surface area contributed by atoms with Gasteiger partial charge in [-0.05, 0) is 61.3 Å². The van der Waals surface area contributed by atoms with E-state index < -0.39 is 0 Å². The lowest BCUT2D eigenvalue weighted by Gasteiger charge is -2.37. The van der Waals surface area contributed by atoms with Crippen LogP contribution in [-0.4, -0.2) is 31.5 Å². The fourth-order valence-corrected chi connectivity index (χ4v) is 4.95. The zero-order chi connectivity index (χ0) is 23.3. The average Bonchev–Trinajstić information content (AvgIpc) is 2.74. The number of ether oxygens (including phenoxy) is 1. The van der Waals surface area contributed by atoms with Crippen LogP contribution in [0, 0.1) is 24.7 Å². The molecule has 0 amide bonds. The van der Waals surface area contributed by atoms with E-state index in [2.05, 4.69) is 25.8 Å². The molecule has 0 spiro atoms. The smallest absolute Gasteiger partial charge is 0.326 e. The quantitative estimate of drug-likeness (QED) is 0.283. The molecule has 3 atom stereocenters. The van der Waals surface area contributed by atoms with Gasteiger partial charge < -0.3 is 9.64 Å². The van der Waals surface area contributed by atoms with Gasteiger partial charge in [0.2, 0.25) is 0 Å². The van der Waals surface area contributed by atoms with Crippen LogP contribution >= 0.6 is 11.6 Å². The van der Waals surface area contributed by atoms with Crippen LogP contribution in [-0.2, 0) is 9.53 Å². The lowest BCUT2D eigenvalue weighted by Crippen LogP contribution is -2.41. The molecule has 0 aromatic heterocycles. The Hall–Kier alpha value is -2.33. The van der Waals surface area contributed by atoms with Crippen LogP contribution in [0.3, 0.4) is 0 Å². The van der Waals surface area contributed by atoms with Crippen molar-refractivity contribution in [3.05, 3.63) is 64.7 Å². The van der Waals surface area contributed by atoms with Crippen molar-refractivity contribution in [2.75, 3.05) is 18.5 Å². The van der Waals surface area contributed by atoms with Crippen LogP contribution in [0.1, 0.15) is 51.2 Å². The highest BCUT2D eigenvalue weighted by molar-refractivity contribution is 6.31. The molecule has 0 unspecified atom stereocenters. The Morgan fingerprint density at radius 2 is 1.94 bits per heavy atom. The molecule has 1 aliphatic carbocycles. The highest BCUT2D eigenvalue weighted by Crippen LogP contribution is 2.35. The van der Waals surface area contributed by atoms with Crippen molar-refractivity contribution in [1.82, 2.24) is 0 Å². The molecule has 0 N–H and O–H groups in total. The first-order valence-corrected chi connectivity index (χ1v) is 11.9. The van der Waals surface area contributed by atoms with Crippen LogP contribution in [0.2, 0.25) is 5.02 Å². The van der Waals surface area contributed by atoms with Gasteiger partial charge in [0, 0.05) is 23.3 Å². The summed E-state index contributed by atoms with van der Waals surface area (Å²) >= 11 is 6.26. The van der Waals surface area contributed by atoms with E-state index in [-0.39, 0.29) is 18.6 Å². The molecule has 0 bridgehead atoms. The minimum absolute atomic E-state index is 0.0295. The molecule has 0 heterocycles. The Labute approximate surface area is 197 Å². The van der Waals surface area contributed by atoms with Gasteiger partial charge >= 0.3 is 5.97 Å². The molecule has 4 nitrogen and oxygen atoms in total. The van der Waals surface area contributed by atoms with Gasteiger partial charge in [-0.15, -0.1) is 0 Å². The lowest BCUT2D eigenvalue weighted by atomic mass is 9.75. The van der Waals surface area contributed by atoms with Crippen molar-refractivity contribution in [1.29, 1.82) is 0 Å². The largest absolute Gasteiger partial charge is 0.461 e. The van der Waals surface area contributed by atoms with Crippen molar-refractivity contribution in [2.45, 2.75) is 53.1 Å². The van der Waals surface area contributed by atoms with E-state index in [1.54, 1.807) is 7.05 Å². The summed E-state index contributed by atoms with van der Waals surface area (Å²) in [6.07, 6.45) is 3.22. The number of amidine groups is 1. The highest BCUT2D eigenvalue weighted by Gasteiger charge is 2.34. The van der Waals surface area contributed by atoms with Gasteiger partial charge in [0.1, 0.15) is 18.5 Å². The molecule has 172 valence electrons. The SMILES string of the molecule is C/N=C(\c1cccc(Cl)c1)N(CC(=O)O[C@@H]1C[C@H](C)CC[C@H]1C(C)C)c1ccccc1C. The number of hydrogen-bond acceptors (Lipinski definition) is 3. The Morgan fingerprint density at radius 1 is 1.19 bits per heavy atom. The van der Waals surface area contributed by atoms with E-state index >= 15 is 0 Å². The van der Waals surface area contributed by atoms with Crippen molar-refractivity contribution < 1.29 is 9.53 Å².